The highest BCUT2D eigenvalue weighted by Crippen LogP contribution is 2.40. The third-order valence-corrected chi connectivity index (χ3v) is 5.98. The number of rotatable bonds is 10. The number of esters is 1. The van der Waals surface area contributed by atoms with Gasteiger partial charge in [0.2, 0.25) is 5.91 Å². The molecule has 178 valence electrons. The Morgan fingerprint density at radius 2 is 1.76 bits per heavy atom. The number of para-hydroxylation sites is 1. The fraction of sp³-hybridized carbons (Fsp3) is 0.259. The number of carbonyl (C=O) groups is 2. The van der Waals surface area contributed by atoms with Gasteiger partial charge in [-0.15, -0.1) is 11.3 Å². The van der Waals surface area contributed by atoms with Gasteiger partial charge in [-0.05, 0) is 50.1 Å². The molecule has 7 heteroatoms. The molecule has 0 saturated carbocycles. The van der Waals surface area contributed by atoms with Gasteiger partial charge in [-0.25, -0.2) is 4.79 Å². The minimum atomic E-state index is -0.508. The molecule has 0 aliphatic heterocycles. The van der Waals surface area contributed by atoms with Crippen LogP contribution in [0.25, 0.3) is 17.2 Å². The summed E-state index contributed by atoms with van der Waals surface area (Å²) >= 11 is 1.34. The van der Waals surface area contributed by atoms with E-state index in [1.807, 2.05) is 69.3 Å². The SMILES string of the molecule is CCCOc1ccccc1/C=C/C(=O)Nc1sc(C)c(-c2ccc(OCC)cc2)c1C(=O)OC. The minimum absolute atomic E-state index is 0.336. The van der Waals surface area contributed by atoms with Gasteiger partial charge < -0.3 is 19.5 Å². The van der Waals surface area contributed by atoms with Gasteiger partial charge in [0.15, 0.2) is 0 Å². The van der Waals surface area contributed by atoms with Gasteiger partial charge in [-0.1, -0.05) is 37.3 Å². The highest BCUT2D eigenvalue weighted by atomic mass is 32.1. The van der Waals surface area contributed by atoms with Crippen molar-refractivity contribution in [2.45, 2.75) is 27.2 Å². The number of hydrogen-bond donors (Lipinski definition) is 1. The van der Waals surface area contributed by atoms with Gasteiger partial charge in [-0.3, -0.25) is 4.79 Å². The number of nitrogens with one attached hydrogen (secondary N) is 1. The second-order valence-corrected chi connectivity index (χ2v) is 8.62. The van der Waals surface area contributed by atoms with E-state index >= 15 is 0 Å². The van der Waals surface area contributed by atoms with Crippen LogP contribution in [0.4, 0.5) is 5.00 Å². The first-order valence-corrected chi connectivity index (χ1v) is 12.0. The fourth-order valence-electron chi connectivity index (χ4n) is 3.44. The number of thiophene rings is 1. The standard InChI is InChI=1S/C27H29NO5S/c1-5-17-33-22-10-8-7-9-19(22)13-16-23(29)28-26-25(27(30)31-4)24(18(3)34-26)20-11-14-21(15-12-20)32-6-2/h7-16H,5-6,17H2,1-4H3,(H,28,29)/b16-13+. The van der Waals surface area contributed by atoms with Gasteiger partial charge in [-0.2, -0.15) is 0 Å². The zero-order chi connectivity index (χ0) is 24.5. The van der Waals surface area contributed by atoms with Crippen molar-refractivity contribution in [2.75, 3.05) is 25.6 Å². The zero-order valence-corrected chi connectivity index (χ0v) is 20.7. The van der Waals surface area contributed by atoms with Crippen molar-refractivity contribution < 1.29 is 23.8 Å². The van der Waals surface area contributed by atoms with Gasteiger partial charge in [0.1, 0.15) is 22.1 Å². The lowest BCUT2D eigenvalue weighted by Crippen LogP contribution is -2.11. The van der Waals surface area contributed by atoms with E-state index in [-0.39, 0.29) is 5.91 Å². The van der Waals surface area contributed by atoms with Crippen molar-refractivity contribution in [3.63, 3.8) is 0 Å². The Labute approximate surface area is 204 Å². The molecule has 1 N–H and O–H groups in total. The number of anilines is 1. The molecule has 0 spiro atoms. The van der Waals surface area contributed by atoms with E-state index in [9.17, 15) is 9.59 Å². The summed E-state index contributed by atoms with van der Waals surface area (Å²) < 4.78 is 16.3. The van der Waals surface area contributed by atoms with Crippen LogP contribution in [0.3, 0.4) is 0 Å². The lowest BCUT2D eigenvalue weighted by atomic mass is 10.0. The number of ether oxygens (including phenoxy) is 3. The van der Waals surface area contributed by atoms with Crippen molar-refractivity contribution in [1.82, 2.24) is 0 Å². The number of hydrogen-bond acceptors (Lipinski definition) is 6. The molecule has 0 bridgehead atoms. The number of carbonyl (C=O) groups excluding carboxylic acids is 2. The molecule has 0 unspecified atom stereocenters. The lowest BCUT2D eigenvalue weighted by molar-refractivity contribution is -0.111. The number of methoxy groups -OCH3 is 1. The van der Waals surface area contributed by atoms with Crippen molar-refractivity contribution in [3.05, 3.63) is 70.6 Å². The maximum Gasteiger partial charge on any atom is 0.341 e. The summed E-state index contributed by atoms with van der Waals surface area (Å²) in [7, 11) is 1.33. The summed E-state index contributed by atoms with van der Waals surface area (Å²) in [6.45, 7) is 7.04. The average molecular weight is 480 g/mol. The van der Waals surface area contributed by atoms with E-state index in [1.54, 1.807) is 6.08 Å². The van der Waals surface area contributed by atoms with E-state index in [0.29, 0.717) is 29.5 Å². The fourth-order valence-corrected chi connectivity index (χ4v) is 4.51. The van der Waals surface area contributed by atoms with Gasteiger partial charge in [0.25, 0.3) is 0 Å². The molecule has 0 radical (unpaired) electrons. The largest absolute Gasteiger partial charge is 0.494 e. The van der Waals surface area contributed by atoms with Gasteiger partial charge in [0, 0.05) is 22.1 Å². The Morgan fingerprint density at radius 1 is 1.03 bits per heavy atom. The van der Waals surface area contributed by atoms with Crippen LogP contribution in [0, 0.1) is 6.92 Å². The van der Waals surface area contributed by atoms with Crippen LogP contribution in [0.2, 0.25) is 0 Å². The highest BCUT2D eigenvalue weighted by Gasteiger charge is 2.24. The first kappa shape index (κ1) is 25.1. The molecular formula is C27H29NO5S. The molecular weight excluding hydrogens is 450 g/mol. The first-order chi connectivity index (χ1) is 16.5. The lowest BCUT2D eigenvalue weighted by Gasteiger charge is -2.09. The number of amides is 1. The maximum absolute atomic E-state index is 12.7. The monoisotopic (exact) mass is 479 g/mol. The van der Waals surface area contributed by atoms with Crippen molar-refractivity contribution in [1.29, 1.82) is 0 Å². The Balaban J connectivity index is 1.87. The second-order valence-electron chi connectivity index (χ2n) is 7.40. The molecule has 1 amide bonds. The first-order valence-electron chi connectivity index (χ1n) is 11.1. The smallest absolute Gasteiger partial charge is 0.341 e. The zero-order valence-electron chi connectivity index (χ0n) is 19.8. The van der Waals surface area contributed by atoms with Gasteiger partial charge >= 0.3 is 5.97 Å². The average Bonchev–Trinajstić information content (AvgIpc) is 3.17. The van der Waals surface area contributed by atoms with Crippen LogP contribution < -0.4 is 14.8 Å². The van der Waals surface area contributed by atoms with Crippen LogP contribution in [-0.2, 0) is 9.53 Å². The molecule has 0 saturated heterocycles. The van der Waals surface area contributed by atoms with Gasteiger partial charge in [0.05, 0.1) is 20.3 Å². The molecule has 1 heterocycles. The highest BCUT2D eigenvalue weighted by molar-refractivity contribution is 7.17. The van der Waals surface area contributed by atoms with Crippen molar-refractivity contribution in [3.8, 4) is 22.6 Å². The predicted molar refractivity (Wildman–Crippen MR) is 137 cm³/mol. The number of benzene rings is 2. The molecule has 0 aliphatic carbocycles. The predicted octanol–water partition coefficient (Wildman–Crippen LogP) is 6.35. The Bertz CT molecular complexity index is 1160. The second kappa shape index (κ2) is 12.0. The summed E-state index contributed by atoms with van der Waals surface area (Å²) in [6.07, 6.45) is 4.02. The summed E-state index contributed by atoms with van der Waals surface area (Å²) in [5.74, 6) is 0.606. The Kier molecular flexibility index (Phi) is 8.87. The molecule has 3 aromatic rings. The van der Waals surface area contributed by atoms with Crippen LogP contribution in [-0.4, -0.2) is 32.2 Å². The third-order valence-electron chi connectivity index (χ3n) is 4.96. The Hall–Kier alpha value is -3.58. The van der Waals surface area contributed by atoms with Crippen molar-refractivity contribution in [2.24, 2.45) is 0 Å². The minimum Gasteiger partial charge on any atom is -0.494 e. The molecule has 0 atom stereocenters. The topological polar surface area (TPSA) is 73.9 Å². The summed E-state index contributed by atoms with van der Waals surface area (Å²) in [5.41, 5.74) is 2.72. The quantitative estimate of drug-likeness (QED) is 0.271. The molecule has 0 aliphatic rings. The van der Waals surface area contributed by atoms with E-state index in [0.717, 1.165) is 33.7 Å². The molecule has 2 aromatic carbocycles. The normalized spacial score (nSPS) is 10.8. The molecule has 0 fully saturated rings. The van der Waals surface area contributed by atoms with E-state index < -0.39 is 5.97 Å². The number of aryl methyl sites for hydroxylation is 1. The van der Waals surface area contributed by atoms with E-state index in [2.05, 4.69) is 5.32 Å². The molecule has 1 aromatic heterocycles. The van der Waals surface area contributed by atoms with Crippen LogP contribution >= 0.6 is 11.3 Å². The molecule has 6 nitrogen and oxygen atoms in total. The summed E-state index contributed by atoms with van der Waals surface area (Å²) in [6, 6.07) is 15.0. The molecule has 3 rings (SSSR count). The summed E-state index contributed by atoms with van der Waals surface area (Å²) in [5, 5.41) is 3.29. The molecule has 34 heavy (non-hydrogen) atoms. The Morgan fingerprint density at radius 3 is 2.44 bits per heavy atom. The van der Waals surface area contributed by atoms with Crippen LogP contribution in [0.15, 0.2) is 54.6 Å². The van der Waals surface area contributed by atoms with Crippen LogP contribution in [0.5, 0.6) is 11.5 Å². The maximum atomic E-state index is 12.7. The van der Waals surface area contributed by atoms with Crippen molar-refractivity contribution >= 4 is 34.3 Å². The van der Waals surface area contributed by atoms with E-state index in [4.69, 9.17) is 14.2 Å². The van der Waals surface area contributed by atoms with E-state index in [1.165, 1.54) is 24.5 Å². The third kappa shape index (κ3) is 6.05. The summed E-state index contributed by atoms with van der Waals surface area (Å²) in [4.78, 5) is 26.3. The van der Waals surface area contributed by atoms with Crippen LogP contribution in [0.1, 0.15) is 41.1 Å².